The molecule has 0 saturated carbocycles. The monoisotopic (exact) mass is 146 g/mol. The van der Waals surface area contributed by atoms with Gasteiger partial charge in [-0.1, -0.05) is 24.6 Å². The van der Waals surface area contributed by atoms with Gasteiger partial charge in [-0.15, -0.1) is 0 Å². The smallest absolute Gasteiger partial charge is 0.126 e. The molecular formula is C6H11ClN2. The molecule has 3 heteroatoms. The molecule has 9 heavy (non-hydrogen) atoms. The minimum absolute atomic E-state index is 0.453. The first-order valence-electron chi connectivity index (χ1n) is 2.85. The molecule has 0 heterocycles. The Kier molecular flexibility index (Phi) is 4.14. The van der Waals surface area contributed by atoms with Crippen LogP contribution in [-0.4, -0.2) is 5.84 Å². The molecule has 0 spiro atoms. The van der Waals surface area contributed by atoms with Gasteiger partial charge >= 0.3 is 0 Å². The normalized spacial score (nSPS) is 14.1. The second-order valence-electron chi connectivity index (χ2n) is 1.57. The van der Waals surface area contributed by atoms with E-state index in [-0.39, 0.29) is 0 Å². The van der Waals surface area contributed by atoms with Crippen LogP contribution >= 0.6 is 11.6 Å². The van der Waals surface area contributed by atoms with Crippen LogP contribution in [-0.2, 0) is 0 Å². The molecule has 0 rings (SSSR count). The topological polar surface area (TPSA) is 38.4 Å². The van der Waals surface area contributed by atoms with Crippen LogP contribution in [0, 0.1) is 0 Å². The average molecular weight is 147 g/mol. The first-order valence-corrected chi connectivity index (χ1v) is 3.23. The van der Waals surface area contributed by atoms with Crippen LogP contribution in [0.25, 0.3) is 0 Å². The first-order chi connectivity index (χ1) is 4.20. The van der Waals surface area contributed by atoms with E-state index in [2.05, 4.69) is 4.99 Å². The van der Waals surface area contributed by atoms with Gasteiger partial charge in [-0.25, -0.2) is 4.99 Å². The predicted molar refractivity (Wildman–Crippen MR) is 41.5 cm³/mol. The predicted octanol–water partition coefficient (Wildman–Crippen LogP) is 1.85. The van der Waals surface area contributed by atoms with E-state index in [4.69, 9.17) is 17.3 Å². The van der Waals surface area contributed by atoms with Gasteiger partial charge in [0.2, 0.25) is 0 Å². The van der Waals surface area contributed by atoms with Crippen molar-refractivity contribution in [2.24, 2.45) is 10.7 Å². The molecule has 0 aromatic carbocycles. The number of amidine groups is 1. The van der Waals surface area contributed by atoms with Crippen molar-refractivity contribution in [1.29, 1.82) is 0 Å². The second-order valence-corrected chi connectivity index (χ2v) is 1.96. The lowest BCUT2D eigenvalue weighted by Crippen LogP contribution is -2.08. The lowest BCUT2D eigenvalue weighted by molar-refractivity contribution is 1.23. The third-order valence-electron chi connectivity index (χ3n) is 0.851. The summed E-state index contributed by atoms with van der Waals surface area (Å²) in [5.74, 6) is 0.568. The fraction of sp³-hybridized carbons (Fsp3) is 0.500. The molecule has 0 aliphatic rings. The van der Waals surface area contributed by atoms with Crippen molar-refractivity contribution in [3.05, 3.63) is 11.2 Å². The molecule has 0 amide bonds. The zero-order valence-corrected chi connectivity index (χ0v) is 6.44. The van der Waals surface area contributed by atoms with E-state index >= 15 is 0 Å². The number of allylic oxidation sites excluding steroid dienone is 1. The van der Waals surface area contributed by atoms with Crippen molar-refractivity contribution < 1.29 is 0 Å². The standard InChI is InChI=1S/C6H11ClN2/c1-3-5(7)9-6(8)4-2/h3H,4H2,1-2H3,(H2,8,9)/b5-3-. The quantitative estimate of drug-likeness (QED) is 0.361. The number of hydrogen-bond donors (Lipinski definition) is 1. The van der Waals surface area contributed by atoms with Gasteiger partial charge < -0.3 is 5.73 Å². The Morgan fingerprint density at radius 3 is 2.67 bits per heavy atom. The SMILES string of the molecule is C/C=C(/Cl)N=C(N)CC. The number of nitrogens with zero attached hydrogens (tertiary/aromatic N) is 1. The molecule has 52 valence electrons. The highest BCUT2D eigenvalue weighted by atomic mass is 35.5. The van der Waals surface area contributed by atoms with Gasteiger partial charge in [-0.05, 0) is 6.92 Å². The summed E-state index contributed by atoms with van der Waals surface area (Å²) in [6.45, 7) is 3.74. The van der Waals surface area contributed by atoms with Crippen LogP contribution in [0.5, 0.6) is 0 Å². The van der Waals surface area contributed by atoms with Crippen molar-refractivity contribution in [2.75, 3.05) is 0 Å². The number of halogens is 1. The molecule has 2 N–H and O–H groups in total. The summed E-state index contributed by atoms with van der Waals surface area (Å²) >= 11 is 5.53. The molecular weight excluding hydrogens is 136 g/mol. The van der Waals surface area contributed by atoms with Crippen LogP contribution in [0.1, 0.15) is 20.3 Å². The van der Waals surface area contributed by atoms with Crippen molar-refractivity contribution in [1.82, 2.24) is 0 Å². The van der Waals surface area contributed by atoms with E-state index in [0.29, 0.717) is 11.0 Å². The molecule has 0 aromatic rings. The van der Waals surface area contributed by atoms with Crippen molar-refractivity contribution in [3.63, 3.8) is 0 Å². The maximum Gasteiger partial charge on any atom is 0.126 e. The van der Waals surface area contributed by atoms with Gasteiger partial charge in [0.1, 0.15) is 11.0 Å². The third kappa shape index (κ3) is 4.03. The van der Waals surface area contributed by atoms with E-state index in [9.17, 15) is 0 Å². The lowest BCUT2D eigenvalue weighted by atomic mass is 10.4. The highest BCUT2D eigenvalue weighted by molar-refractivity contribution is 6.29. The molecule has 0 aromatic heterocycles. The maximum atomic E-state index is 5.53. The summed E-state index contributed by atoms with van der Waals surface area (Å²) in [7, 11) is 0. The molecule has 0 fully saturated rings. The number of rotatable bonds is 2. The Labute approximate surface area is 60.4 Å². The van der Waals surface area contributed by atoms with Crippen molar-refractivity contribution in [3.8, 4) is 0 Å². The Hall–Kier alpha value is -0.500. The summed E-state index contributed by atoms with van der Waals surface area (Å²) in [6.07, 6.45) is 2.44. The molecule has 0 bridgehead atoms. The van der Waals surface area contributed by atoms with Crippen molar-refractivity contribution in [2.45, 2.75) is 20.3 Å². The summed E-state index contributed by atoms with van der Waals surface area (Å²) < 4.78 is 0. The van der Waals surface area contributed by atoms with E-state index in [1.807, 2.05) is 13.8 Å². The Morgan fingerprint density at radius 2 is 2.33 bits per heavy atom. The first kappa shape index (κ1) is 8.50. The molecule has 0 radical (unpaired) electrons. The van der Waals surface area contributed by atoms with Gasteiger partial charge in [0.25, 0.3) is 0 Å². The number of nitrogens with two attached hydrogens (primary N) is 1. The molecule has 0 unspecified atom stereocenters. The average Bonchev–Trinajstić information content (AvgIpc) is 1.87. The number of hydrogen-bond acceptors (Lipinski definition) is 1. The second kappa shape index (κ2) is 4.39. The van der Waals surface area contributed by atoms with E-state index in [1.165, 1.54) is 0 Å². The maximum absolute atomic E-state index is 5.53. The van der Waals surface area contributed by atoms with E-state index < -0.39 is 0 Å². The lowest BCUT2D eigenvalue weighted by Gasteiger charge is -1.91. The Bertz CT molecular complexity index is 138. The highest BCUT2D eigenvalue weighted by Crippen LogP contribution is 2.01. The van der Waals surface area contributed by atoms with Crippen LogP contribution in [0.15, 0.2) is 16.2 Å². The summed E-state index contributed by atoms with van der Waals surface area (Å²) in [6, 6.07) is 0. The highest BCUT2D eigenvalue weighted by Gasteiger charge is 1.86. The molecule has 0 atom stereocenters. The minimum Gasteiger partial charge on any atom is -0.387 e. The number of aliphatic imine (C=N–C) groups is 1. The summed E-state index contributed by atoms with van der Waals surface area (Å²) in [4.78, 5) is 3.83. The Balaban J connectivity index is 3.95. The summed E-state index contributed by atoms with van der Waals surface area (Å²) in [5.41, 5.74) is 5.37. The van der Waals surface area contributed by atoms with E-state index in [0.717, 1.165) is 6.42 Å². The van der Waals surface area contributed by atoms with Gasteiger partial charge in [0.05, 0.1) is 0 Å². The zero-order chi connectivity index (χ0) is 7.28. The van der Waals surface area contributed by atoms with Gasteiger partial charge in [0, 0.05) is 6.42 Å². The molecule has 0 aliphatic carbocycles. The molecule has 0 aliphatic heterocycles. The molecule has 0 saturated heterocycles. The minimum atomic E-state index is 0.453. The van der Waals surface area contributed by atoms with Gasteiger partial charge in [-0.3, -0.25) is 0 Å². The van der Waals surface area contributed by atoms with Gasteiger partial charge in [0.15, 0.2) is 0 Å². The van der Waals surface area contributed by atoms with Crippen LogP contribution < -0.4 is 5.73 Å². The zero-order valence-electron chi connectivity index (χ0n) is 5.69. The largest absolute Gasteiger partial charge is 0.387 e. The van der Waals surface area contributed by atoms with Gasteiger partial charge in [-0.2, -0.15) is 0 Å². The van der Waals surface area contributed by atoms with Crippen LogP contribution in [0.2, 0.25) is 0 Å². The Morgan fingerprint density at radius 1 is 1.78 bits per heavy atom. The van der Waals surface area contributed by atoms with Crippen LogP contribution in [0.3, 0.4) is 0 Å². The van der Waals surface area contributed by atoms with Crippen LogP contribution in [0.4, 0.5) is 0 Å². The van der Waals surface area contributed by atoms with E-state index in [1.54, 1.807) is 6.08 Å². The summed E-state index contributed by atoms with van der Waals surface area (Å²) in [5, 5.41) is 0.453. The fourth-order valence-corrected chi connectivity index (χ4v) is 0.389. The third-order valence-corrected chi connectivity index (χ3v) is 1.15. The molecule has 2 nitrogen and oxygen atoms in total. The van der Waals surface area contributed by atoms with Crippen molar-refractivity contribution >= 4 is 17.4 Å². The fourth-order valence-electron chi connectivity index (χ4n) is 0.281.